The summed E-state index contributed by atoms with van der Waals surface area (Å²) in [5.41, 5.74) is 5.48. The zero-order valence-corrected chi connectivity index (χ0v) is 18.1. The summed E-state index contributed by atoms with van der Waals surface area (Å²) < 4.78 is 5.53. The Bertz CT molecular complexity index is 991. The maximum absolute atomic E-state index is 12.9. The lowest BCUT2D eigenvalue weighted by Crippen LogP contribution is -2.37. The van der Waals surface area contributed by atoms with Gasteiger partial charge in [-0.15, -0.1) is 11.3 Å². The third-order valence-electron chi connectivity index (χ3n) is 6.74. The van der Waals surface area contributed by atoms with Crippen LogP contribution in [0.25, 0.3) is 11.3 Å². The minimum Gasteiger partial charge on any atom is -0.464 e. The molecule has 156 valence electrons. The van der Waals surface area contributed by atoms with Crippen molar-refractivity contribution in [2.24, 2.45) is 11.3 Å². The number of hydrogen-bond donors (Lipinski definition) is 0. The summed E-state index contributed by atoms with van der Waals surface area (Å²) in [6, 6.07) is 12.5. The van der Waals surface area contributed by atoms with Crippen LogP contribution < -0.4 is 0 Å². The fraction of sp³-hybridized carbons (Fsp3) is 0.417. The van der Waals surface area contributed by atoms with Crippen molar-refractivity contribution in [3.8, 4) is 11.3 Å². The second-order valence-electron chi connectivity index (χ2n) is 8.75. The van der Waals surface area contributed by atoms with Crippen LogP contribution in [-0.4, -0.2) is 40.8 Å². The summed E-state index contributed by atoms with van der Waals surface area (Å²) in [4.78, 5) is 21.6. The van der Waals surface area contributed by atoms with Gasteiger partial charge in [-0.25, -0.2) is 4.98 Å². The molecule has 1 aliphatic heterocycles. The fourth-order valence-corrected chi connectivity index (χ4v) is 5.38. The minimum absolute atomic E-state index is 0.200. The first-order chi connectivity index (χ1) is 14.6. The van der Waals surface area contributed by atoms with E-state index in [1.54, 1.807) is 17.6 Å². The molecule has 3 heterocycles. The molecule has 1 saturated heterocycles. The third kappa shape index (κ3) is 3.94. The van der Waals surface area contributed by atoms with Crippen molar-refractivity contribution in [1.82, 2.24) is 14.8 Å². The van der Waals surface area contributed by atoms with Gasteiger partial charge in [0, 0.05) is 30.5 Å². The van der Waals surface area contributed by atoms with Gasteiger partial charge in [-0.05, 0) is 61.5 Å². The number of hydrogen-bond acceptors (Lipinski definition) is 5. The number of carbonyl (C=O) groups excluding carboxylic acids is 1. The highest BCUT2D eigenvalue weighted by molar-refractivity contribution is 7.07. The largest absolute Gasteiger partial charge is 0.464 e. The Morgan fingerprint density at radius 2 is 2.17 bits per heavy atom. The first kappa shape index (κ1) is 19.5. The molecule has 6 heteroatoms. The zero-order chi connectivity index (χ0) is 20.6. The van der Waals surface area contributed by atoms with E-state index in [1.165, 1.54) is 5.56 Å². The van der Waals surface area contributed by atoms with Gasteiger partial charge < -0.3 is 9.32 Å². The lowest BCUT2D eigenvalue weighted by molar-refractivity contribution is -0.133. The molecule has 5 rings (SSSR count). The molecular weight excluding hydrogens is 394 g/mol. The van der Waals surface area contributed by atoms with Gasteiger partial charge in [0.1, 0.15) is 5.76 Å². The van der Waals surface area contributed by atoms with Gasteiger partial charge in [0.05, 0.1) is 24.0 Å². The van der Waals surface area contributed by atoms with Crippen LogP contribution in [0.3, 0.4) is 0 Å². The number of nitrogens with zero attached hydrogens (tertiary/aromatic N) is 3. The van der Waals surface area contributed by atoms with Crippen LogP contribution in [0.15, 0.2) is 58.0 Å². The van der Waals surface area contributed by atoms with Gasteiger partial charge >= 0.3 is 0 Å². The highest BCUT2D eigenvalue weighted by Gasteiger charge is 2.58. The summed E-state index contributed by atoms with van der Waals surface area (Å²) in [6.07, 6.45) is 5.00. The highest BCUT2D eigenvalue weighted by Crippen LogP contribution is 2.60. The molecular formula is C24H27N3O2S. The van der Waals surface area contributed by atoms with Crippen molar-refractivity contribution in [3.05, 3.63) is 64.8 Å². The molecule has 3 aromatic rings. The molecule has 1 unspecified atom stereocenters. The van der Waals surface area contributed by atoms with Crippen LogP contribution in [0.4, 0.5) is 0 Å². The van der Waals surface area contributed by atoms with Crippen molar-refractivity contribution in [2.45, 2.75) is 32.4 Å². The van der Waals surface area contributed by atoms with E-state index in [0.717, 1.165) is 55.9 Å². The SMILES string of the molecule is CN(Cc1cscn1)C(=O)C1CC12CCN(Cc1cccc(-c3ccco3)c1)CC2. The molecule has 1 aliphatic carbocycles. The Hall–Kier alpha value is -2.44. The van der Waals surface area contributed by atoms with Crippen LogP contribution in [0.5, 0.6) is 0 Å². The monoisotopic (exact) mass is 421 g/mol. The number of likely N-dealkylation sites (tertiary alicyclic amines) is 1. The maximum atomic E-state index is 12.9. The molecule has 0 bridgehead atoms. The topological polar surface area (TPSA) is 49.6 Å². The highest BCUT2D eigenvalue weighted by atomic mass is 32.1. The molecule has 2 fully saturated rings. The Morgan fingerprint density at radius 1 is 1.30 bits per heavy atom. The van der Waals surface area contributed by atoms with E-state index in [0.29, 0.717) is 12.5 Å². The van der Waals surface area contributed by atoms with Crippen LogP contribution in [0.1, 0.15) is 30.5 Å². The molecule has 2 aliphatic rings. The number of piperidine rings is 1. The molecule has 1 saturated carbocycles. The molecule has 30 heavy (non-hydrogen) atoms. The number of carbonyl (C=O) groups is 1. The lowest BCUT2D eigenvalue weighted by Gasteiger charge is -2.33. The van der Waals surface area contributed by atoms with Crippen LogP contribution >= 0.6 is 11.3 Å². The Balaban J connectivity index is 1.15. The molecule has 1 aromatic carbocycles. The molecule has 0 radical (unpaired) electrons. The van der Waals surface area contributed by atoms with Crippen molar-refractivity contribution < 1.29 is 9.21 Å². The normalized spacial score (nSPS) is 20.4. The Kier molecular flexibility index (Phi) is 5.21. The van der Waals surface area contributed by atoms with E-state index < -0.39 is 0 Å². The molecule has 1 atom stereocenters. The number of furan rings is 1. The molecule has 0 N–H and O–H groups in total. The average molecular weight is 422 g/mol. The lowest BCUT2D eigenvalue weighted by atomic mass is 9.90. The fourth-order valence-electron chi connectivity index (χ4n) is 4.83. The number of thiazole rings is 1. The number of aromatic nitrogens is 1. The third-order valence-corrected chi connectivity index (χ3v) is 7.37. The Morgan fingerprint density at radius 3 is 2.90 bits per heavy atom. The second kappa shape index (κ2) is 8.00. The minimum atomic E-state index is 0.200. The van der Waals surface area contributed by atoms with E-state index in [9.17, 15) is 4.79 Å². The van der Waals surface area contributed by atoms with Gasteiger partial charge in [-0.1, -0.05) is 18.2 Å². The number of benzene rings is 1. The smallest absolute Gasteiger partial charge is 0.226 e. The summed E-state index contributed by atoms with van der Waals surface area (Å²) in [7, 11) is 1.91. The van der Waals surface area contributed by atoms with Crippen molar-refractivity contribution >= 4 is 17.2 Å². The van der Waals surface area contributed by atoms with E-state index in [-0.39, 0.29) is 11.3 Å². The van der Waals surface area contributed by atoms with Crippen molar-refractivity contribution in [3.63, 3.8) is 0 Å². The van der Waals surface area contributed by atoms with Crippen LogP contribution in [0.2, 0.25) is 0 Å². The Labute approximate surface area is 181 Å². The summed E-state index contributed by atoms with van der Waals surface area (Å²) in [5.74, 6) is 1.41. The number of rotatable bonds is 6. The van der Waals surface area contributed by atoms with E-state index in [4.69, 9.17) is 4.42 Å². The van der Waals surface area contributed by atoms with E-state index in [2.05, 4.69) is 34.1 Å². The standard InChI is InChI=1S/C24H27N3O2S/c1-26(15-20-16-30-17-25-20)23(28)21-13-24(21)7-9-27(10-8-24)14-18-4-2-5-19(12-18)22-6-3-11-29-22/h2-6,11-12,16-17,21H,7-10,13-15H2,1H3. The predicted molar refractivity (Wildman–Crippen MR) is 118 cm³/mol. The van der Waals surface area contributed by atoms with Crippen LogP contribution in [-0.2, 0) is 17.9 Å². The van der Waals surface area contributed by atoms with Gasteiger partial charge in [-0.3, -0.25) is 9.69 Å². The van der Waals surface area contributed by atoms with E-state index in [1.807, 2.05) is 35.0 Å². The zero-order valence-electron chi connectivity index (χ0n) is 17.3. The van der Waals surface area contributed by atoms with Gasteiger partial charge in [0.15, 0.2) is 0 Å². The van der Waals surface area contributed by atoms with Gasteiger partial charge in [-0.2, -0.15) is 0 Å². The predicted octanol–water partition coefficient (Wildman–Crippen LogP) is 4.66. The molecule has 2 aromatic heterocycles. The first-order valence-electron chi connectivity index (χ1n) is 10.6. The van der Waals surface area contributed by atoms with Crippen molar-refractivity contribution in [2.75, 3.05) is 20.1 Å². The average Bonchev–Trinajstić information content (AvgIpc) is 3.17. The first-order valence-corrected chi connectivity index (χ1v) is 11.5. The van der Waals surface area contributed by atoms with Gasteiger partial charge in [0.2, 0.25) is 5.91 Å². The van der Waals surface area contributed by atoms with Crippen LogP contribution in [0, 0.1) is 11.3 Å². The van der Waals surface area contributed by atoms with Crippen molar-refractivity contribution in [1.29, 1.82) is 0 Å². The van der Waals surface area contributed by atoms with Gasteiger partial charge in [0.25, 0.3) is 0 Å². The maximum Gasteiger partial charge on any atom is 0.226 e. The number of amides is 1. The summed E-state index contributed by atoms with van der Waals surface area (Å²) in [6.45, 7) is 3.69. The second-order valence-corrected chi connectivity index (χ2v) is 9.47. The quantitative estimate of drug-likeness (QED) is 0.581. The summed E-state index contributed by atoms with van der Waals surface area (Å²) in [5, 5.41) is 2.02. The molecule has 1 spiro atoms. The molecule has 5 nitrogen and oxygen atoms in total. The van der Waals surface area contributed by atoms with E-state index >= 15 is 0 Å². The molecule has 1 amide bonds. The summed E-state index contributed by atoms with van der Waals surface area (Å²) >= 11 is 1.58.